The number of benzene rings is 1. The smallest absolute Gasteiger partial charge is 0.278 e. The number of para-hydroxylation sites is 1. The number of aromatic nitrogens is 2. The van der Waals surface area contributed by atoms with Crippen molar-refractivity contribution in [2.45, 2.75) is 0 Å². The molecule has 1 heterocycles. The van der Waals surface area contributed by atoms with Gasteiger partial charge < -0.3 is 5.32 Å². The number of nitrogens with one attached hydrogen (secondary N) is 1. The molecule has 1 aliphatic carbocycles. The van der Waals surface area contributed by atoms with Gasteiger partial charge in [-0.2, -0.15) is 0 Å². The van der Waals surface area contributed by atoms with E-state index >= 15 is 0 Å². The van der Waals surface area contributed by atoms with Crippen LogP contribution in [0.4, 0.5) is 5.69 Å². The first-order chi connectivity index (χ1) is 10.0. The lowest BCUT2D eigenvalue weighted by molar-refractivity contribution is 0.0980. The van der Waals surface area contributed by atoms with Crippen molar-refractivity contribution in [1.29, 1.82) is 0 Å². The summed E-state index contributed by atoms with van der Waals surface area (Å²) in [7, 11) is 3.10. The number of Topliss-reactive ketones (excluding diaryl/α,β-unsaturated/α-hetero) is 1. The van der Waals surface area contributed by atoms with Gasteiger partial charge in [-0.3, -0.25) is 23.7 Å². The highest BCUT2D eigenvalue weighted by Gasteiger charge is 2.33. The first kappa shape index (κ1) is 13.1. The second kappa shape index (κ2) is 4.59. The molecule has 0 radical (unpaired) electrons. The number of ketones is 2. The lowest BCUT2D eigenvalue weighted by Crippen LogP contribution is -2.26. The minimum absolute atomic E-state index is 0.0778. The molecule has 2 aromatic rings. The molecule has 0 atom stereocenters. The summed E-state index contributed by atoms with van der Waals surface area (Å²) in [6.45, 7) is 0. The number of nitrogens with zero attached hydrogens (tertiary/aromatic N) is 2. The average molecular weight is 283 g/mol. The Balaban J connectivity index is 2.07. The molecule has 3 rings (SSSR count). The molecule has 21 heavy (non-hydrogen) atoms. The van der Waals surface area contributed by atoms with Crippen LogP contribution in [0.5, 0.6) is 0 Å². The molecule has 1 N–H and O–H groups in total. The highest BCUT2D eigenvalue weighted by Crippen LogP contribution is 2.20. The molecule has 1 aliphatic rings. The zero-order chi connectivity index (χ0) is 15.1. The van der Waals surface area contributed by atoms with Crippen LogP contribution >= 0.6 is 0 Å². The van der Waals surface area contributed by atoms with Crippen molar-refractivity contribution in [3.05, 3.63) is 63.7 Å². The van der Waals surface area contributed by atoms with Crippen LogP contribution in [0.2, 0.25) is 0 Å². The predicted molar refractivity (Wildman–Crippen MR) is 77.5 cm³/mol. The van der Waals surface area contributed by atoms with Crippen molar-refractivity contribution in [1.82, 2.24) is 9.36 Å². The molecule has 0 aliphatic heterocycles. The molecule has 6 nitrogen and oxygen atoms in total. The predicted octanol–water partition coefficient (Wildman–Crippen LogP) is 1.10. The maximum Gasteiger partial charge on any atom is 0.278 e. The largest absolute Gasteiger partial charge is 0.352 e. The van der Waals surface area contributed by atoms with Crippen molar-refractivity contribution >= 4 is 17.3 Å². The zero-order valence-electron chi connectivity index (χ0n) is 11.6. The van der Waals surface area contributed by atoms with Crippen molar-refractivity contribution < 1.29 is 9.59 Å². The fourth-order valence-electron chi connectivity index (χ4n) is 2.37. The van der Waals surface area contributed by atoms with Gasteiger partial charge in [-0.1, -0.05) is 18.2 Å². The molecule has 0 fully saturated rings. The van der Waals surface area contributed by atoms with Gasteiger partial charge >= 0.3 is 0 Å². The summed E-state index contributed by atoms with van der Waals surface area (Å²) in [5.74, 6) is -0.821. The monoisotopic (exact) mass is 283 g/mol. The molecule has 1 aromatic carbocycles. The van der Waals surface area contributed by atoms with Crippen LogP contribution in [0, 0.1) is 0 Å². The van der Waals surface area contributed by atoms with E-state index in [0.29, 0.717) is 5.69 Å². The Kier molecular flexibility index (Phi) is 2.86. The standard InChI is InChI=1S/C15H13N3O3/c1-17-13-11(19)8-10(16-9-6-4-3-5-7-9)14(20)12(13)15(21)18(17)2/h3-8,16H,1-2H3. The number of fused-ring (bicyclic) bond motifs is 1. The van der Waals surface area contributed by atoms with Crippen LogP contribution in [-0.4, -0.2) is 20.9 Å². The topological polar surface area (TPSA) is 73.1 Å². The maximum absolute atomic E-state index is 12.4. The molecule has 0 unspecified atom stereocenters. The van der Waals surface area contributed by atoms with Crippen LogP contribution in [0.3, 0.4) is 0 Å². The minimum Gasteiger partial charge on any atom is -0.352 e. The van der Waals surface area contributed by atoms with E-state index in [1.165, 1.54) is 22.5 Å². The highest BCUT2D eigenvalue weighted by molar-refractivity contribution is 6.24. The van der Waals surface area contributed by atoms with Gasteiger partial charge in [-0.15, -0.1) is 0 Å². The third-order valence-corrected chi connectivity index (χ3v) is 3.55. The molecule has 0 bridgehead atoms. The van der Waals surface area contributed by atoms with Gasteiger partial charge in [0.05, 0.1) is 5.70 Å². The zero-order valence-corrected chi connectivity index (χ0v) is 11.6. The number of carbonyl (C=O) groups excluding carboxylic acids is 2. The first-order valence-corrected chi connectivity index (χ1v) is 6.39. The first-order valence-electron chi connectivity index (χ1n) is 6.39. The van der Waals surface area contributed by atoms with E-state index in [0.717, 1.165) is 0 Å². The van der Waals surface area contributed by atoms with Crippen LogP contribution in [0.25, 0.3) is 0 Å². The Morgan fingerprint density at radius 3 is 2.29 bits per heavy atom. The number of hydrogen-bond acceptors (Lipinski definition) is 4. The Morgan fingerprint density at radius 2 is 1.62 bits per heavy atom. The summed E-state index contributed by atoms with van der Waals surface area (Å²) >= 11 is 0. The second-order valence-corrected chi connectivity index (χ2v) is 4.82. The van der Waals surface area contributed by atoms with Gasteiger partial charge in [0.25, 0.3) is 5.56 Å². The SMILES string of the molecule is Cn1c2c(c(=O)n1C)C(=O)C(Nc1ccccc1)=CC2=O. The summed E-state index contributed by atoms with van der Waals surface area (Å²) in [4.78, 5) is 36.7. The number of allylic oxidation sites excluding steroid dienone is 2. The van der Waals surface area contributed by atoms with E-state index in [4.69, 9.17) is 0 Å². The van der Waals surface area contributed by atoms with Gasteiger partial charge in [0.1, 0.15) is 11.3 Å². The molecule has 0 spiro atoms. The fourth-order valence-corrected chi connectivity index (χ4v) is 2.37. The Bertz CT molecular complexity index is 841. The molecule has 106 valence electrons. The number of rotatable bonds is 2. The van der Waals surface area contributed by atoms with Gasteiger partial charge in [0, 0.05) is 25.9 Å². The fraction of sp³-hybridized carbons (Fsp3) is 0.133. The van der Waals surface area contributed by atoms with Gasteiger partial charge in [-0.25, -0.2) is 0 Å². The van der Waals surface area contributed by atoms with Crippen LogP contribution in [0.15, 0.2) is 46.9 Å². The third kappa shape index (κ3) is 1.92. The van der Waals surface area contributed by atoms with Crippen LogP contribution in [-0.2, 0) is 14.1 Å². The lowest BCUT2D eigenvalue weighted by Gasteiger charge is -2.14. The second-order valence-electron chi connectivity index (χ2n) is 4.82. The molecule has 1 aromatic heterocycles. The molecule has 6 heteroatoms. The molecule has 0 saturated carbocycles. The Hall–Kier alpha value is -2.89. The van der Waals surface area contributed by atoms with E-state index in [2.05, 4.69) is 5.32 Å². The number of hydrogen-bond donors (Lipinski definition) is 1. The molecular formula is C15H13N3O3. The summed E-state index contributed by atoms with van der Waals surface area (Å²) < 4.78 is 2.65. The van der Waals surface area contributed by atoms with Crippen molar-refractivity contribution in [3.63, 3.8) is 0 Å². The Morgan fingerprint density at radius 1 is 0.952 bits per heavy atom. The molecule has 0 amide bonds. The molecule has 0 saturated heterocycles. The lowest BCUT2D eigenvalue weighted by atomic mass is 9.99. The number of anilines is 1. The summed E-state index contributed by atoms with van der Waals surface area (Å²) in [6, 6.07) is 9.02. The van der Waals surface area contributed by atoms with E-state index in [1.807, 2.05) is 18.2 Å². The van der Waals surface area contributed by atoms with Gasteiger partial charge in [-0.05, 0) is 12.1 Å². The van der Waals surface area contributed by atoms with E-state index in [1.54, 1.807) is 19.2 Å². The Labute approximate surface area is 120 Å². The summed E-state index contributed by atoms with van der Waals surface area (Å²) in [6.07, 6.45) is 1.23. The molecular weight excluding hydrogens is 270 g/mol. The van der Waals surface area contributed by atoms with Crippen LogP contribution in [0.1, 0.15) is 20.8 Å². The van der Waals surface area contributed by atoms with Crippen molar-refractivity contribution in [3.8, 4) is 0 Å². The maximum atomic E-state index is 12.4. The third-order valence-electron chi connectivity index (χ3n) is 3.55. The average Bonchev–Trinajstić information content (AvgIpc) is 2.71. The van der Waals surface area contributed by atoms with Crippen molar-refractivity contribution in [2.75, 3.05) is 5.32 Å². The van der Waals surface area contributed by atoms with Crippen LogP contribution < -0.4 is 10.9 Å². The van der Waals surface area contributed by atoms with Gasteiger partial charge in [0.2, 0.25) is 11.6 Å². The highest BCUT2D eigenvalue weighted by atomic mass is 16.2. The summed E-state index contributed by atoms with van der Waals surface area (Å²) in [5.41, 5.74) is 0.381. The van der Waals surface area contributed by atoms with E-state index in [9.17, 15) is 14.4 Å². The van der Waals surface area contributed by atoms with Gasteiger partial charge in [0.15, 0.2) is 0 Å². The van der Waals surface area contributed by atoms with Crippen molar-refractivity contribution in [2.24, 2.45) is 14.1 Å². The van der Waals surface area contributed by atoms with E-state index < -0.39 is 11.3 Å². The normalized spacial score (nSPS) is 13.9. The summed E-state index contributed by atoms with van der Waals surface area (Å²) in [5, 5.41) is 2.89. The van der Waals surface area contributed by atoms with E-state index in [-0.39, 0.29) is 22.7 Å². The number of carbonyl (C=O) groups is 2. The minimum atomic E-state index is -0.466. The quantitative estimate of drug-likeness (QED) is 0.895.